The molecule has 3 N–H and O–H groups in total. The van der Waals surface area contributed by atoms with Crippen molar-refractivity contribution >= 4 is 11.2 Å². The summed E-state index contributed by atoms with van der Waals surface area (Å²) in [6.07, 6.45) is 3.20. The van der Waals surface area contributed by atoms with Crippen molar-refractivity contribution in [1.82, 2.24) is 19.9 Å². The molecule has 0 aliphatic rings. The highest BCUT2D eigenvalue weighted by Gasteiger charge is 2.08. The maximum atomic E-state index is 5.53. The molecule has 0 bridgehead atoms. The molecule has 2 aromatic rings. The first kappa shape index (κ1) is 8.12. The quantitative estimate of drug-likeness (QED) is 0.696. The van der Waals surface area contributed by atoms with Gasteiger partial charge in [0.25, 0.3) is 0 Å². The highest BCUT2D eigenvalue weighted by molar-refractivity contribution is 5.68. The van der Waals surface area contributed by atoms with Crippen LogP contribution in [0, 0.1) is 0 Å². The van der Waals surface area contributed by atoms with Gasteiger partial charge in [0.15, 0.2) is 5.65 Å². The molecule has 0 radical (unpaired) electrons. The van der Waals surface area contributed by atoms with Crippen molar-refractivity contribution in [1.29, 1.82) is 0 Å². The van der Waals surface area contributed by atoms with E-state index in [-0.39, 0.29) is 5.92 Å². The van der Waals surface area contributed by atoms with Crippen LogP contribution < -0.4 is 5.73 Å². The number of hydrogen-bond donors (Lipinski definition) is 2. The number of hydrogen-bond acceptors (Lipinski definition) is 4. The Morgan fingerprint density at radius 2 is 2.46 bits per heavy atom. The minimum atomic E-state index is 0.231. The molecule has 5 heteroatoms. The zero-order chi connectivity index (χ0) is 9.26. The summed E-state index contributed by atoms with van der Waals surface area (Å²) in [6.45, 7) is 2.60. The fourth-order valence-corrected chi connectivity index (χ4v) is 1.13. The van der Waals surface area contributed by atoms with E-state index in [9.17, 15) is 0 Å². The first-order valence-electron chi connectivity index (χ1n) is 4.17. The molecule has 2 rings (SSSR count). The van der Waals surface area contributed by atoms with E-state index in [0.717, 1.165) is 11.3 Å². The highest BCUT2D eigenvalue weighted by atomic mass is 15.0. The molecule has 0 aromatic carbocycles. The van der Waals surface area contributed by atoms with E-state index in [4.69, 9.17) is 5.73 Å². The largest absolute Gasteiger partial charge is 0.339 e. The topological polar surface area (TPSA) is 80.5 Å². The number of nitrogens with one attached hydrogen (secondary N) is 1. The second-order valence-electron chi connectivity index (χ2n) is 3.02. The van der Waals surface area contributed by atoms with Gasteiger partial charge in [-0.15, -0.1) is 0 Å². The Labute approximate surface area is 75.4 Å². The van der Waals surface area contributed by atoms with Crippen LogP contribution in [0.5, 0.6) is 0 Å². The first-order chi connectivity index (χ1) is 6.31. The van der Waals surface area contributed by atoms with E-state index in [1.165, 1.54) is 6.33 Å². The molecule has 2 aromatic heterocycles. The molecule has 1 unspecified atom stereocenters. The standard InChI is InChI=1S/C8H11N5/c1-5(2-9)7-12-6-3-10-4-11-8(6)13-7/h3-5H,2,9H2,1H3,(H,10,11,12,13). The minimum absolute atomic E-state index is 0.231. The van der Waals surface area contributed by atoms with Gasteiger partial charge in [-0.05, 0) is 0 Å². The van der Waals surface area contributed by atoms with E-state index in [0.29, 0.717) is 12.2 Å². The molecule has 2 heterocycles. The third-order valence-corrected chi connectivity index (χ3v) is 2.00. The average molecular weight is 177 g/mol. The van der Waals surface area contributed by atoms with Crippen LogP contribution in [-0.2, 0) is 0 Å². The Morgan fingerprint density at radius 3 is 3.15 bits per heavy atom. The van der Waals surface area contributed by atoms with Gasteiger partial charge < -0.3 is 10.7 Å². The van der Waals surface area contributed by atoms with Crippen molar-refractivity contribution in [3.8, 4) is 0 Å². The van der Waals surface area contributed by atoms with E-state index < -0.39 is 0 Å². The van der Waals surface area contributed by atoms with Crippen LogP contribution in [0.25, 0.3) is 11.2 Å². The van der Waals surface area contributed by atoms with Crippen LogP contribution in [0.15, 0.2) is 12.5 Å². The van der Waals surface area contributed by atoms with Crippen LogP contribution in [0.3, 0.4) is 0 Å². The van der Waals surface area contributed by atoms with Gasteiger partial charge in [0.2, 0.25) is 0 Å². The van der Waals surface area contributed by atoms with E-state index in [1.54, 1.807) is 6.20 Å². The van der Waals surface area contributed by atoms with Crippen LogP contribution in [0.2, 0.25) is 0 Å². The molecule has 13 heavy (non-hydrogen) atoms. The van der Waals surface area contributed by atoms with E-state index in [1.807, 2.05) is 6.92 Å². The van der Waals surface area contributed by atoms with Crippen molar-refractivity contribution < 1.29 is 0 Å². The lowest BCUT2D eigenvalue weighted by Crippen LogP contribution is -2.10. The van der Waals surface area contributed by atoms with E-state index in [2.05, 4.69) is 19.9 Å². The summed E-state index contributed by atoms with van der Waals surface area (Å²) in [5, 5.41) is 0. The van der Waals surface area contributed by atoms with Crippen molar-refractivity contribution in [2.75, 3.05) is 6.54 Å². The molecule has 68 valence electrons. The minimum Gasteiger partial charge on any atom is -0.339 e. The van der Waals surface area contributed by atoms with Crippen molar-refractivity contribution in [3.63, 3.8) is 0 Å². The number of aromatic nitrogens is 4. The number of nitrogens with two attached hydrogens (primary N) is 1. The maximum absolute atomic E-state index is 5.53. The lowest BCUT2D eigenvalue weighted by molar-refractivity contribution is 0.727. The molecule has 0 saturated carbocycles. The third-order valence-electron chi connectivity index (χ3n) is 2.00. The normalized spacial score (nSPS) is 13.4. The second kappa shape index (κ2) is 3.10. The van der Waals surface area contributed by atoms with Gasteiger partial charge >= 0.3 is 0 Å². The van der Waals surface area contributed by atoms with Gasteiger partial charge in [0.1, 0.15) is 17.7 Å². The van der Waals surface area contributed by atoms with E-state index >= 15 is 0 Å². The van der Waals surface area contributed by atoms with Crippen molar-refractivity contribution in [3.05, 3.63) is 18.3 Å². The van der Waals surface area contributed by atoms with Crippen LogP contribution in [-0.4, -0.2) is 26.5 Å². The van der Waals surface area contributed by atoms with Crippen molar-refractivity contribution in [2.24, 2.45) is 5.73 Å². The van der Waals surface area contributed by atoms with Gasteiger partial charge in [0.05, 0.1) is 6.20 Å². The predicted octanol–water partition coefficient (Wildman–Crippen LogP) is 0.415. The van der Waals surface area contributed by atoms with Gasteiger partial charge in [0, 0.05) is 12.5 Å². The Morgan fingerprint density at radius 1 is 1.62 bits per heavy atom. The molecular formula is C8H11N5. The number of rotatable bonds is 2. The number of imidazole rings is 1. The first-order valence-corrected chi connectivity index (χ1v) is 4.17. The van der Waals surface area contributed by atoms with Crippen LogP contribution in [0.1, 0.15) is 18.7 Å². The van der Waals surface area contributed by atoms with Crippen molar-refractivity contribution in [2.45, 2.75) is 12.8 Å². The number of H-pyrrole nitrogens is 1. The Kier molecular flexibility index (Phi) is 1.94. The lowest BCUT2D eigenvalue weighted by atomic mass is 10.2. The summed E-state index contributed by atoms with van der Waals surface area (Å²) in [4.78, 5) is 15.3. The van der Waals surface area contributed by atoms with Gasteiger partial charge in [-0.2, -0.15) is 0 Å². The molecule has 5 nitrogen and oxygen atoms in total. The third kappa shape index (κ3) is 1.38. The fourth-order valence-electron chi connectivity index (χ4n) is 1.13. The summed E-state index contributed by atoms with van der Waals surface area (Å²) in [7, 11) is 0. The molecule has 0 aliphatic carbocycles. The smallest absolute Gasteiger partial charge is 0.180 e. The highest BCUT2D eigenvalue weighted by Crippen LogP contribution is 2.13. The van der Waals surface area contributed by atoms with Crippen LogP contribution in [0.4, 0.5) is 0 Å². The maximum Gasteiger partial charge on any atom is 0.180 e. The summed E-state index contributed by atoms with van der Waals surface area (Å²) in [5.41, 5.74) is 7.09. The van der Waals surface area contributed by atoms with Gasteiger partial charge in [-0.3, -0.25) is 0 Å². The molecule has 0 fully saturated rings. The lowest BCUT2D eigenvalue weighted by Gasteiger charge is -2.01. The molecule has 0 amide bonds. The number of aromatic amines is 1. The SMILES string of the molecule is CC(CN)c1nc2ncncc2[nH]1. The molecule has 0 spiro atoms. The van der Waals surface area contributed by atoms with Crippen LogP contribution >= 0.6 is 0 Å². The molecule has 0 aliphatic heterocycles. The number of nitrogens with zero attached hydrogens (tertiary/aromatic N) is 3. The predicted molar refractivity (Wildman–Crippen MR) is 49.2 cm³/mol. The zero-order valence-corrected chi connectivity index (χ0v) is 7.36. The Balaban J connectivity index is 2.49. The average Bonchev–Trinajstić information content (AvgIpc) is 2.59. The Hall–Kier alpha value is -1.49. The zero-order valence-electron chi connectivity index (χ0n) is 7.36. The second-order valence-corrected chi connectivity index (χ2v) is 3.02. The van der Waals surface area contributed by atoms with Gasteiger partial charge in [-0.25, -0.2) is 15.0 Å². The molecule has 0 saturated heterocycles. The summed E-state index contributed by atoms with van der Waals surface area (Å²) < 4.78 is 0. The summed E-state index contributed by atoms with van der Waals surface area (Å²) in [6, 6.07) is 0. The van der Waals surface area contributed by atoms with Gasteiger partial charge in [-0.1, -0.05) is 6.92 Å². The summed E-state index contributed by atoms with van der Waals surface area (Å²) in [5.74, 6) is 1.10. The summed E-state index contributed by atoms with van der Waals surface area (Å²) >= 11 is 0. The number of fused-ring (bicyclic) bond motifs is 1. The molecular weight excluding hydrogens is 166 g/mol. The Bertz CT molecular complexity index is 375. The monoisotopic (exact) mass is 177 g/mol. The molecule has 1 atom stereocenters. The fraction of sp³-hybridized carbons (Fsp3) is 0.375.